The molecule has 0 aliphatic rings. The van der Waals surface area contributed by atoms with Crippen molar-refractivity contribution in [3.63, 3.8) is 0 Å². The fraction of sp³-hybridized carbons (Fsp3) is 0.346. The van der Waals surface area contributed by atoms with E-state index in [1.807, 2.05) is 24.3 Å². The third-order valence-corrected chi connectivity index (χ3v) is 6.15. The monoisotopic (exact) mass is 486 g/mol. The molecule has 8 heteroatoms. The molecule has 3 rings (SSSR count). The minimum Gasteiger partial charge on any atom is -0.493 e. The number of rotatable bonds is 13. The predicted octanol–water partition coefficient (Wildman–Crippen LogP) is 5.63. The van der Waals surface area contributed by atoms with Crippen LogP contribution in [0.1, 0.15) is 57.9 Å². The summed E-state index contributed by atoms with van der Waals surface area (Å²) in [6.07, 6.45) is 3.72. The van der Waals surface area contributed by atoms with E-state index in [2.05, 4.69) is 0 Å². The summed E-state index contributed by atoms with van der Waals surface area (Å²) in [5.41, 5.74) is 2.45. The molecule has 1 N–H and O–H groups in total. The van der Waals surface area contributed by atoms with E-state index < -0.39 is 22.8 Å². The second kappa shape index (κ2) is 12.3. The fourth-order valence-corrected chi connectivity index (χ4v) is 4.28. The standard InChI is InChI=1S/C26H31NO6S/c1-19(2)22-17-20(24-11-8-16-33-24)13-14-23(22)27(34(30)31)18-21-9-5-6-10-25(21)32-15-7-3-4-12-26(28)29/h5-6,8-11,13-14,16-17,19,34H,3-4,7,12,15,18H2,1-2H3,(H,28,29)/i19D. The molecule has 2 aromatic carbocycles. The van der Waals surface area contributed by atoms with Gasteiger partial charge in [0.15, 0.2) is 0 Å². The summed E-state index contributed by atoms with van der Waals surface area (Å²) in [6.45, 7) is 3.89. The smallest absolute Gasteiger partial charge is 0.303 e. The van der Waals surface area contributed by atoms with Gasteiger partial charge in [0.25, 0.3) is 0 Å². The number of benzene rings is 2. The van der Waals surface area contributed by atoms with Gasteiger partial charge in [0.1, 0.15) is 11.5 Å². The number of para-hydroxylation sites is 1. The average Bonchev–Trinajstić information content (AvgIpc) is 3.34. The van der Waals surface area contributed by atoms with Crippen LogP contribution in [0.5, 0.6) is 5.75 Å². The van der Waals surface area contributed by atoms with Crippen LogP contribution in [0.15, 0.2) is 65.3 Å². The van der Waals surface area contributed by atoms with Crippen LogP contribution in [0.25, 0.3) is 11.3 Å². The number of ether oxygens (including phenoxy) is 1. The summed E-state index contributed by atoms with van der Waals surface area (Å²) in [4.78, 5) is 10.6. The molecule has 0 spiro atoms. The van der Waals surface area contributed by atoms with Crippen molar-refractivity contribution in [3.05, 3.63) is 72.0 Å². The van der Waals surface area contributed by atoms with Gasteiger partial charge in [-0.3, -0.25) is 9.10 Å². The molecular weight excluding hydrogens is 454 g/mol. The molecule has 0 saturated heterocycles. The number of hydrogen-bond acceptors (Lipinski definition) is 5. The number of carboxylic acid groups (broad SMARTS) is 1. The zero-order chi connectivity index (χ0) is 25.4. The Kier molecular flexibility index (Phi) is 8.62. The highest BCUT2D eigenvalue weighted by Gasteiger charge is 2.19. The lowest BCUT2D eigenvalue weighted by atomic mass is 9.97. The maximum absolute atomic E-state index is 12.4. The van der Waals surface area contributed by atoms with Gasteiger partial charge < -0.3 is 14.3 Å². The zero-order valence-electron chi connectivity index (χ0n) is 20.4. The number of anilines is 1. The molecule has 1 aromatic heterocycles. The molecule has 3 aromatic rings. The average molecular weight is 487 g/mol. The van der Waals surface area contributed by atoms with Gasteiger partial charge in [-0.2, -0.15) is 0 Å². The number of unbranched alkanes of at least 4 members (excludes halogenated alkanes) is 2. The van der Waals surface area contributed by atoms with Crippen molar-refractivity contribution in [1.29, 1.82) is 0 Å². The summed E-state index contributed by atoms with van der Waals surface area (Å²) in [6, 6.07) is 16.1. The molecule has 0 fully saturated rings. The molecule has 0 radical (unpaired) electrons. The number of nitrogens with zero attached hydrogens (tertiary/aromatic N) is 1. The minimum atomic E-state index is -3.01. The van der Waals surface area contributed by atoms with Gasteiger partial charge in [0.2, 0.25) is 10.9 Å². The number of carbonyl (C=O) groups is 1. The Balaban J connectivity index is 1.83. The van der Waals surface area contributed by atoms with E-state index in [1.54, 1.807) is 50.4 Å². The first-order valence-corrected chi connectivity index (χ1v) is 12.3. The maximum Gasteiger partial charge on any atom is 0.303 e. The molecule has 1 heterocycles. The second-order valence-corrected chi connectivity index (χ2v) is 9.12. The lowest BCUT2D eigenvalue weighted by molar-refractivity contribution is -0.137. The van der Waals surface area contributed by atoms with E-state index in [4.69, 9.17) is 15.6 Å². The topological polar surface area (TPSA) is 97.1 Å². The lowest BCUT2D eigenvalue weighted by Gasteiger charge is -2.24. The molecule has 0 aliphatic heterocycles. The Hall–Kier alpha value is -3.26. The van der Waals surface area contributed by atoms with Gasteiger partial charge in [0.05, 0.1) is 25.1 Å². The third-order valence-electron chi connectivity index (χ3n) is 5.40. The number of aliphatic carboxylic acids is 1. The Bertz CT molecular complexity index is 1190. The third kappa shape index (κ3) is 6.87. The van der Waals surface area contributed by atoms with E-state index in [0.717, 1.165) is 12.0 Å². The largest absolute Gasteiger partial charge is 0.493 e. The number of carboxylic acids is 1. The normalized spacial score (nSPS) is 11.9. The summed E-state index contributed by atoms with van der Waals surface area (Å²) >= 11 is 0. The molecule has 0 aliphatic carbocycles. The van der Waals surface area contributed by atoms with Crippen molar-refractivity contribution in [1.82, 2.24) is 0 Å². The van der Waals surface area contributed by atoms with Crippen molar-refractivity contribution >= 4 is 22.5 Å². The highest BCUT2D eigenvalue weighted by atomic mass is 32.2. The molecule has 0 saturated carbocycles. The van der Waals surface area contributed by atoms with Crippen molar-refractivity contribution in [3.8, 4) is 17.1 Å². The van der Waals surface area contributed by atoms with Crippen LogP contribution >= 0.6 is 0 Å². The summed E-state index contributed by atoms with van der Waals surface area (Å²) in [5, 5.41) is 8.74. The van der Waals surface area contributed by atoms with Crippen molar-refractivity contribution < 1.29 is 28.8 Å². The highest BCUT2D eigenvalue weighted by Crippen LogP contribution is 2.34. The van der Waals surface area contributed by atoms with Crippen LogP contribution in [0.2, 0.25) is 0 Å². The number of furan rings is 1. The Morgan fingerprint density at radius 2 is 1.91 bits per heavy atom. The molecule has 34 heavy (non-hydrogen) atoms. The van der Waals surface area contributed by atoms with E-state index in [9.17, 15) is 13.2 Å². The fourth-order valence-electron chi connectivity index (χ4n) is 3.66. The van der Waals surface area contributed by atoms with Crippen LogP contribution in [-0.2, 0) is 22.2 Å². The van der Waals surface area contributed by atoms with Gasteiger partial charge in [-0.1, -0.05) is 32.0 Å². The van der Waals surface area contributed by atoms with Crippen LogP contribution in [0.3, 0.4) is 0 Å². The maximum atomic E-state index is 12.4. The summed E-state index contributed by atoms with van der Waals surface area (Å²) in [7, 11) is -3.01. The van der Waals surface area contributed by atoms with Crippen molar-refractivity contribution in [2.45, 2.75) is 52.0 Å². The Labute approximate surface area is 203 Å². The van der Waals surface area contributed by atoms with Gasteiger partial charge in [-0.25, -0.2) is 8.42 Å². The number of hydrogen-bond donors (Lipinski definition) is 2. The van der Waals surface area contributed by atoms with Gasteiger partial charge in [-0.05, 0) is 67.1 Å². The molecule has 0 bridgehead atoms. The van der Waals surface area contributed by atoms with Crippen molar-refractivity contribution in [2.24, 2.45) is 0 Å². The van der Waals surface area contributed by atoms with E-state index in [1.165, 1.54) is 4.31 Å². The number of thiol groups is 1. The minimum absolute atomic E-state index is 0.0526. The first-order valence-electron chi connectivity index (χ1n) is 11.7. The van der Waals surface area contributed by atoms with Gasteiger partial charge in [-0.15, -0.1) is 0 Å². The quantitative estimate of drug-likeness (QED) is 0.240. The van der Waals surface area contributed by atoms with E-state index in [0.29, 0.717) is 47.8 Å². The van der Waals surface area contributed by atoms with Crippen molar-refractivity contribution in [2.75, 3.05) is 10.9 Å². The van der Waals surface area contributed by atoms with Gasteiger partial charge >= 0.3 is 5.97 Å². The summed E-state index contributed by atoms with van der Waals surface area (Å²) in [5.74, 6) is -0.655. The van der Waals surface area contributed by atoms with Crippen LogP contribution < -0.4 is 9.04 Å². The van der Waals surface area contributed by atoms with E-state index in [-0.39, 0.29) is 13.0 Å². The van der Waals surface area contributed by atoms with Gasteiger partial charge in [0, 0.05) is 18.9 Å². The molecule has 0 unspecified atom stereocenters. The molecule has 0 atom stereocenters. The van der Waals surface area contributed by atoms with Crippen LogP contribution in [0.4, 0.5) is 5.69 Å². The Morgan fingerprint density at radius 1 is 1.12 bits per heavy atom. The Morgan fingerprint density at radius 3 is 2.59 bits per heavy atom. The predicted molar refractivity (Wildman–Crippen MR) is 133 cm³/mol. The zero-order valence-corrected chi connectivity index (χ0v) is 20.3. The molecule has 182 valence electrons. The first kappa shape index (κ1) is 23.9. The molecular formula is C26H31NO6S. The summed E-state index contributed by atoms with van der Waals surface area (Å²) < 4.78 is 46.1. The first-order chi connectivity index (χ1) is 16.7. The lowest BCUT2D eigenvalue weighted by Crippen LogP contribution is -2.22. The molecule has 0 amide bonds. The molecule has 7 nitrogen and oxygen atoms in total. The SMILES string of the molecule is [2H]C(C)(C)c1cc(-c2ccco2)ccc1N(Cc1ccccc1OCCCCCC(=O)O)[SH](=O)=O. The highest BCUT2D eigenvalue weighted by molar-refractivity contribution is 7.74. The van der Waals surface area contributed by atoms with Crippen LogP contribution in [-0.4, -0.2) is 26.1 Å². The second-order valence-electron chi connectivity index (χ2n) is 8.17. The van der Waals surface area contributed by atoms with Crippen LogP contribution in [0, 0.1) is 0 Å². The van der Waals surface area contributed by atoms with E-state index >= 15 is 0 Å².